The van der Waals surface area contributed by atoms with Crippen LogP contribution in [-0.2, 0) is 0 Å². The van der Waals surface area contributed by atoms with Crippen molar-refractivity contribution in [2.24, 2.45) is 0 Å². The number of likely N-dealkylation sites (tertiary alicyclic amines) is 1. The Bertz CT molecular complexity index is 824. The summed E-state index contributed by atoms with van der Waals surface area (Å²) in [5.41, 5.74) is 0.194. The van der Waals surface area contributed by atoms with Crippen LogP contribution >= 0.6 is 0 Å². The molecular formula is C16H14N4O3. The smallest absolute Gasteiger partial charge is 0.260 e. The molecule has 1 saturated heterocycles. The van der Waals surface area contributed by atoms with E-state index in [1.807, 2.05) is 6.07 Å². The molecule has 1 atom stereocenters. The third-order valence-electron chi connectivity index (χ3n) is 3.63. The Morgan fingerprint density at radius 1 is 1.48 bits per heavy atom. The van der Waals surface area contributed by atoms with E-state index in [4.69, 9.17) is 10.00 Å². The zero-order valence-electron chi connectivity index (χ0n) is 12.2. The van der Waals surface area contributed by atoms with E-state index in [-0.39, 0.29) is 17.6 Å². The van der Waals surface area contributed by atoms with Crippen LogP contribution in [0.15, 0.2) is 41.5 Å². The molecule has 23 heavy (non-hydrogen) atoms. The van der Waals surface area contributed by atoms with Crippen LogP contribution < -0.4 is 10.3 Å². The van der Waals surface area contributed by atoms with Crippen molar-refractivity contribution in [3.63, 3.8) is 0 Å². The molecule has 3 rings (SSSR count). The first-order chi connectivity index (χ1) is 11.2. The number of aromatic nitrogens is 2. The number of nitrogens with zero attached hydrogens (tertiary/aromatic N) is 3. The summed E-state index contributed by atoms with van der Waals surface area (Å²) in [6.45, 7) is 0.890. The van der Waals surface area contributed by atoms with E-state index in [0.29, 0.717) is 31.0 Å². The number of ether oxygens (including phenoxy) is 1. The molecule has 2 aromatic heterocycles. The minimum Gasteiger partial charge on any atom is -0.472 e. The summed E-state index contributed by atoms with van der Waals surface area (Å²) in [6.07, 6.45) is 3.44. The summed E-state index contributed by atoms with van der Waals surface area (Å²) in [4.78, 5) is 32.2. The van der Waals surface area contributed by atoms with Crippen LogP contribution in [0.25, 0.3) is 0 Å². The van der Waals surface area contributed by atoms with Crippen molar-refractivity contribution >= 4 is 5.91 Å². The average Bonchev–Trinajstić information content (AvgIpc) is 3.03. The first-order valence-electron chi connectivity index (χ1n) is 7.17. The van der Waals surface area contributed by atoms with Crippen molar-refractivity contribution in [1.29, 1.82) is 5.26 Å². The Kier molecular flexibility index (Phi) is 4.06. The molecular weight excluding hydrogens is 296 g/mol. The van der Waals surface area contributed by atoms with E-state index in [0.717, 1.165) is 0 Å². The molecule has 0 radical (unpaired) electrons. The van der Waals surface area contributed by atoms with Gasteiger partial charge in [0.25, 0.3) is 11.5 Å². The highest BCUT2D eigenvalue weighted by Gasteiger charge is 2.29. The lowest BCUT2D eigenvalue weighted by Gasteiger charge is -2.16. The number of H-pyrrole nitrogens is 1. The van der Waals surface area contributed by atoms with Gasteiger partial charge in [-0.1, -0.05) is 0 Å². The van der Waals surface area contributed by atoms with Gasteiger partial charge in [-0.15, -0.1) is 0 Å². The molecule has 1 amide bonds. The Morgan fingerprint density at radius 3 is 3.13 bits per heavy atom. The van der Waals surface area contributed by atoms with Gasteiger partial charge in [-0.2, -0.15) is 5.26 Å². The minimum absolute atomic E-state index is 0.123. The largest absolute Gasteiger partial charge is 0.472 e. The van der Waals surface area contributed by atoms with Gasteiger partial charge in [0.1, 0.15) is 11.7 Å². The van der Waals surface area contributed by atoms with Crippen molar-refractivity contribution in [3.05, 3.63) is 58.1 Å². The zero-order valence-corrected chi connectivity index (χ0v) is 12.2. The minimum atomic E-state index is -0.398. The quantitative estimate of drug-likeness (QED) is 0.909. The monoisotopic (exact) mass is 310 g/mol. The second-order valence-electron chi connectivity index (χ2n) is 5.19. The molecule has 7 heteroatoms. The van der Waals surface area contributed by atoms with E-state index >= 15 is 0 Å². The Balaban J connectivity index is 1.67. The van der Waals surface area contributed by atoms with E-state index in [2.05, 4.69) is 9.97 Å². The number of carbonyl (C=O) groups excluding carboxylic acids is 1. The average molecular weight is 310 g/mol. The maximum absolute atomic E-state index is 12.4. The molecule has 0 saturated carbocycles. The van der Waals surface area contributed by atoms with Crippen LogP contribution in [0.1, 0.15) is 22.3 Å². The number of nitriles is 1. The summed E-state index contributed by atoms with van der Waals surface area (Å²) < 4.78 is 5.72. The van der Waals surface area contributed by atoms with Crippen LogP contribution in [0.3, 0.4) is 0 Å². The number of carbonyl (C=O) groups is 1. The van der Waals surface area contributed by atoms with Crippen molar-refractivity contribution in [2.45, 2.75) is 12.5 Å². The summed E-state index contributed by atoms with van der Waals surface area (Å²) in [6, 6.07) is 8.31. The fourth-order valence-corrected chi connectivity index (χ4v) is 2.48. The lowest BCUT2D eigenvalue weighted by molar-refractivity contribution is 0.0769. The second kappa shape index (κ2) is 6.32. The molecule has 1 unspecified atom stereocenters. The number of aromatic amines is 1. The molecule has 7 nitrogen and oxygen atoms in total. The number of nitrogens with one attached hydrogen (secondary N) is 1. The van der Waals surface area contributed by atoms with Crippen LogP contribution in [0.4, 0.5) is 0 Å². The Labute approximate surface area is 132 Å². The van der Waals surface area contributed by atoms with Gasteiger partial charge in [-0.05, 0) is 18.2 Å². The number of amides is 1. The molecule has 3 heterocycles. The number of pyridine rings is 2. The fraction of sp³-hybridized carbons (Fsp3) is 0.250. The molecule has 1 aliphatic heterocycles. The maximum Gasteiger partial charge on any atom is 0.260 e. The standard InChI is InChI=1S/C16H14N4O3/c17-9-11-3-6-18-14(8-11)23-12-4-7-20(10-12)16(22)13-2-1-5-19-15(13)21/h1-3,5-6,8,12H,4,7,10H2,(H,19,21). The van der Waals surface area contributed by atoms with E-state index in [9.17, 15) is 9.59 Å². The van der Waals surface area contributed by atoms with Gasteiger partial charge < -0.3 is 14.6 Å². The molecule has 1 N–H and O–H groups in total. The van der Waals surface area contributed by atoms with Gasteiger partial charge in [0, 0.05) is 31.4 Å². The normalized spacial score (nSPS) is 16.8. The highest BCUT2D eigenvalue weighted by Crippen LogP contribution is 2.18. The number of hydrogen-bond acceptors (Lipinski definition) is 5. The van der Waals surface area contributed by atoms with Crippen LogP contribution in [0.5, 0.6) is 5.88 Å². The lowest BCUT2D eigenvalue weighted by atomic mass is 10.2. The summed E-state index contributed by atoms with van der Waals surface area (Å²) in [5.74, 6) is 0.0533. The highest BCUT2D eigenvalue weighted by molar-refractivity contribution is 5.94. The van der Waals surface area contributed by atoms with E-state index in [1.165, 1.54) is 18.5 Å². The highest BCUT2D eigenvalue weighted by atomic mass is 16.5. The number of hydrogen-bond donors (Lipinski definition) is 1. The van der Waals surface area contributed by atoms with Gasteiger partial charge in [0.2, 0.25) is 5.88 Å². The SMILES string of the molecule is N#Cc1ccnc(OC2CCN(C(=O)c3ccc[nH]c3=O)C2)c1. The van der Waals surface area contributed by atoms with E-state index in [1.54, 1.807) is 23.1 Å². The molecule has 1 aliphatic rings. The third kappa shape index (κ3) is 3.21. The van der Waals surface area contributed by atoms with Crippen molar-refractivity contribution in [2.75, 3.05) is 13.1 Å². The molecule has 0 aromatic carbocycles. The molecule has 0 bridgehead atoms. The van der Waals surface area contributed by atoms with Crippen molar-refractivity contribution < 1.29 is 9.53 Å². The molecule has 2 aromatic rings. The van der Waals surface area contributed by atoms with Gasteiger partial charge in [0.15, 0.2) is 0 Å². The van der Waals surface area contributed by atoms with Crippen molar-refractivity contribution in [1.82, 2.24) is 14.9 Å². The summed E-state index contributed by atoms with van der Waals surface area (Å²) in [5, 5.41) is 8.87. The Morgan fingerprint density at radius 2 is 2.35 bits per heavy atom. The fourth-order valence-electron chi connectivity index (χ4n) is 2.48. The predicted molar refractivity (Wildman–Crippen MR) is 81.0 cm³/mol. The Hall–Kier alpha value is -3.14. The first kappa shape index (κ1) is 14.8. The first-order valence-corrected chi connectivity index (χ1v) is 7.17. The molecule has 116 valence electrons. The second-order valence-corrected chi connectivity index (χ2v) is 5.19. The maximum atomic E-state index is 12.4. The zero-order chi connectivity index (χ0) is 16.2. The van der Waals surface area contributed by atoms with Crippen LogP contribution in [0, 0.1) is 11.3 Å². The van der Waals surface area contributed by atoms with Gasteiger partial charge in [-0.3, -0.25) is 9.59 Å². The number of rotatable bonds is 3. The van der Waals surface area contributed by atoms with Gasteiger partial charge >= 0.3 is 0 Å². The molecule has 0 spiro atoms. The summed E-state index contributed by atoms with van der Waals surface area (Å²) >= 11 is 0. The predicted octanol–water partition coefficient (Wildman–Crippen LogP) is 0.935. The van der Waals surface area contributed by atoms with Crippen molar-refractivity contribution in [3.8, 4) is 11.9 Å². The van der Waals surface area contributed by atoms with Gasteiger partial charge in [0.05, 0.1) is 18.2 Å². The van der Waals surface area contributed by atoms with Gasteiger partial charge in [-0.25, -0.2) is 4.98 Å². The molecule has 1 fully saturated rings. The topological polar surface area (TPSA) is 99.1 Å². The third-order valence-corrected chi connectivity index (χ3v) is 3.63. The van der Waals surface area contributed by atoms with Crippen LogP contribution in [0.2, 0.25) is 0 Å². The van der Waals surface area contributed by atoms with E-state index < -0.39 is 5.56 Å². The van der Waals surface area contributed by atoms with Crippen LogP contribution in [-0.4, -0.2) is 40.0 Å². The summed E-state index contributed by atoms with van der Waals surface area (Å²) in [7, 11) is 0. The lowest BCUT2D eigenvalue weighted by Crippen LogP contribution is -2.34. The molecule has 0 aliphatic carbocycles.